The molecule has 0 aliphatic rings. The summed E-state index contributed by atoms with van der Waals surface area (Å²) in [7, 11) is 0. The number of nitrogens with one attached hydrogen (secondary N) is 1. The first-order valence-electron chi connectivity index (χ1n) is 5.56. The van der Waals surface area contributed by atoms with Gasteiger partial charge in [0.1, 0.15) is 5.76 Å². The van der Waals surface area contributed by atoms with Gasteiger partial charge in [0, 0.05) is 25.5 Å². The van der Waals surface area contributed by atoms with E-state index in [9.17, 15) is 4.79 Å². The van der Waals surface area contributed by atoms with Crippen LogP contribution >= 0.6 is 0 Å². The number of carbonyl (C=O) groups excluding carboxylic acids is 1. The number of carbonyl (C=O) groups is 1. The Morgan fingerprint density at radius 2 is 2.19 bits per heavy atom. The van der Waals surface area contributed by atoms with Gasteiger partial charge in [-0.2, -0.15) is 0 Å². The van der Waals surface area contributed by atoms with E-state index in [1.54, 1.807) is 0 Å². The lowest BCUT2D eigenvalue weighted by molar-refractivity contribution is -0.122. The average Bonchev–Trinajstić information content (AvgIpc) is 2.48. The van der Waals surface area contributed by atoms with Crippen molar-refractivity contribution in [1.29, 1.82) is 0 Å². The van der Waals surface area contributed by atoms with Gasteiger partial charge in [0.15, 0.2) is 0 Å². The summed E-state index contributed by atoms with van der Waals surface area (Å²) in [5.74, 6) is 0.900. The number of hydrogen-bond donors (Lipinski definition) is 1. The molecule has 1 aromatic heterocycles. The number of amides is 1. The molecule has 0 aliphatic heterocycles. The van der Waals surface area contributed by atoms with Crippen LogP contribution in [0.2, 0.25) is 0 Å². The fourth-order valence-corrected chi connectivity index (χ4v) is 1.40. The zero-order chi connectivity index (χ0) is 12.2. The van der Waals surface area contributed by atoms with Crippen molar-refractivity contribution >= 4 is 5.91 Å². The van der Waals surface area contributed by atoms with Crippen molar-refractivity contribution in [2.45, 2.75) is 40.5 Å². The highest BCUT2D eigenvalue weighted by Gasteiger charge is 2.15. The van der Waals surface area contributed by atoms with E-state index in [1.165, 1.54) is 0 Å². The van der Waals surface area contributed by atoms with Crippen molar-refractivity contribution in [3.63, 3.8) is 0 Å². The molecule has 1 heterocycles. The molecule has 0 unspecified atom stereocenters. The van der Waals surface area contributed by atoms with Crippen LogP contribution in [0.1, 0.15) is 38.6 Å². The van der Waals surface area contributed by atoms with E-state index in [-0.39, 0.29) is 11.3 Å². The predicted molar refractivity (Wildman–Crippen MR) is 62.0 cm³/mol. The van der Waals surface area contributed by atoms with E-state index < -0.39 is 0 Å². The molecule has 0 aliphatic carbocycles. The fourth-order valence-electron chi connectivity index (χ4n) is 1.40. The zero-order valence-corrected chi connectivity index (χ0v) is 10.5. The largest absolute Gasteiger partial charge is 0.361 e. The SMILES string of the molecule is Cc1cc(CCNC(=O)CC(C)(C)C)on1. The van der Waals surface area contributed by atoms with Gasteiger partial charge < -0.3 is 9.84 Å². The highest BCUT2D eigenvalue weighted by molar-refractivity contribution is 5.76. The van der Waals surface area contributed by atoms with Crippen LogP contribution in [0.4, 0.5) is 0 Å². The number of aromatic nitrogens is 1. The highest BCUT2D eigenvalue weighted by Crippen LogP contribution is 2.17. The van der Waals surface area contributed by atoms with Gasteiger partial charge in [-0.15, -0.1) is 0 Å². The summed E-state index contributed by atoms with van der Waals surface area (Å²) in [5.41, 5.74) is 0.906. The summed E-state index contributed by atoms with van der Waals surface area (Å²) in [6.07, 6.45) is 1.24. The Kier molecular flexibility index (Phi) is 4.10. The van der Waals surface area contributed by atoms with Crippen LogP contribution in [0.15, 0.2) is 10.6 Å². The molecule has 16 heavy (non-hydrogen) atoms. The molecule has 1 rings (SSSR count). The second-order valence-electron chi connectivity index (χ2n) is 5.27. The Labute approximate surface area is 96.4 Å². The van der Waals surface area contributed by atoms with Crippen molar-refractivity contribution in [2.24, 2.45) is 5.41 Å². The Morgan fingerprint density at radius 1 is 1.50 bits per heavy atom. The van der Waals surface area contributed by atoms with Gasteiger partial charge in [-0.3, -0.25) is 4.79 Å². The van der Waals surface area contributed by atoms with Gasteiger partial charge >= 0.3 is 0 Å². The van der Waals surface area contributed by atoms with Crippen LogP contribution in [-0.4, -0.2) is 17.6 Å². The minimum atomic E-state index is 0.0346. The minimum Gasteiger partial charge on any atom is -0.361 e. The Bertz CT molecular complexity index is 350. The normalized spacial score (nSPS) is 11.5. The van der Waals surface area contributed by atoms with E-state index in [0.717, 1.165) is 11.5 Å². The Hall–Kier alpha value is -1.32. The van der Waals surface area contributed by atoms with Crippen molar-refractivity contribution in [1.82, 2.24) is 10.5 Å². The molecule has 0 fully saturated rings. The number of aryl methyl sites for hydroxylation is 1. The first-order valence-corrected chi connectivity index (χ1v) is 5.56. The molecule has 1 aromatic rings. The summed E-state index contributed by atoms with van der Waals surface area (Å²) >= 11 is 0. The van der Waals surface area contributed by atoms with Gasteiger partial charge in [-0.25, -0.2) is 0 Å². The van der Waals surface area contributed by atoms with Gasteiger partial charge in [-0.05, 0) is 12.3 Å². The summed E-state index contributed by atoms with van der Waals surface area (Å²) in [5, 5.41) is 6.66. The minimum absolute atomic E-state index is 0.0346. The van der Waals surface area contributed by atoms with Gasteiger partial charge in [-0.1, -0.05) is 25.9 Å². The summed E-state index contributed by atoms with van der Waals surface area (Å²) in [4.78, 5) is 11.5. The van der Waals surface area contributed by atoms with Gasteiger partial charge in [0.2, 0.25) is 5.91 Å². The van der Waals surface area contributed by atoms with Crippen LogP contribution in [0.3, 0.4) is 0 Å². The maximum Gasteiger partial charge on any atom is 0.220 e. The smallest absolute Gasteiger partial charge is 0.220 e. The van der Waals surface area contributed by atoms with E-state index >= 15 is 0 Å². The first-order chi connectivity index (χ1) is 7.37. The Morgan fingerprint density at radius 3 is 2.69 bits per heavy atom. The molecule has 0 saturated heterocycles. The molecule has 0 atom stereocenters. The summed E-state index contributed by atoms with van der Waals surface area (Å²) < 4.78 is 5.05. The van der Waals surface area contributed by atoms with Crippen LogP contribution in [-0.2, 0) is 11.2 Å². The fraction of sp³-hybridized carbons (Fsp3) is 0.667. The molecule has 0 aromatic carbocycles. The van der Waals surface area contributed by atoms with Crippen molar-refractivity contribution < 1.29 is 9.32 Å². The molecule has 4 heteroatoms. The lowest BCUT2D eigenvalue weighted by Crippen LogP contribution is -2.29. The molecule has 0 bridgehead atoms. The average molecular weight is 224 g/mol. The van der Waals surface area contributed by atoms with Gasteiger partial charge in [0.05, 0.1) is 5.69 Å². The number of hydrogen-bond acceptors (Lipinski definition) is 3. The van der Waals surface area contributed by atoms with Crippen molar-refractivity contribution in [2.75, 3.05) is 6.54 Å². The van der Waals surface area contributed by atoms with Crippen LogP contribution in [0.25, 0.3) is 0 Å². The predicted octanol–water partition coefficient (Wildman–Crippen LogP) is 2.08. The van der Waals surface area contributed by atoms with Gasteiger partial charge in [0.25, 0.3) is 0 Å². The number of nitrogens with zero attached hydrogens (tertiary/aromatic N) is 1. The quantitative estimate of drug-likeness (QED) is 0.851. The zero-order valence-electron chi connectivity index (χ0n) is 10.5. The maximum atomic E-state index is 11.5. The third-order valence-electron chi connectivity index (χ3n) is 2.06. The molecule has 0 radical (unpaired) electrons. The van der Waals surface area contributed by atoms with Crippen molar-refractivity contribution in [3.05, 3.63) is 17.5 Å². The third kappa shape index (κ3) is 4.96. The van der Waals surface area contributed by atoms with Crippen molar-refractivity contribution in [3.8, 4) is 0 Å². The third-order valence-corrected chi connectivity index (χ3v) is 2.06. The molecular weight excluding hydrogens is 204 g/mol. The molecule has 1 amide bonds. The standard InChI is InChI=1S/C12H20N2O2/c1-9-7-10(16-14-9)5-6-13-11(15)8-12(2,3)4/h7H,5-6,8H2,1-4H3,(H,13,15). The molecular formula is C12H20N2O2. The van der Waals surface area contributed by atoms with E-state index in [1.807, 2.05) is 33.8 Å². The second kappa shape index (κ2) is 5.14. The summed E-state index contributed by atoms with van der Waals surface area (Å²) in [6.45, 7) is 8.62. The summed E-state index contributed by atoms with van der Waals surface area (Å²) in [6, 6.07) is 1.88. The second-order valence-corrected chi connectivity index (χ2v) is 5.27. The van der Waals surface area contributed by atoms with E-state index in [4.69, 9.17) is 4.52 Å². The monoisotopic (exact) mass is 224 g/mol. The molecule has 0 spiro atoms. The van der Waals surface area contributed by atoms with E-state index in [2.05, 4.69) is 10.5 Å². The topological polar surface area (TPSA) is 55.1 Å². The molecule has 90 valence electrons. The van der Waals surface area contributed by atoms with E-state index in [0.29, 0.717) is 19.4 Å². The number of rotatable bonds is 4. The lowest BCUT2D eigenvalue weighted by atomic mass is 9.92. The lowest BCUT2D eigenvalue weighted by Gasteiger charge is -2.16. The highest BCUT2D eigenvalue weighted by atomic mass is 16.5. The molecule has 4 nitrogen and oxygen atoms in total. The maximum absolute atomic E-state index is 11.5. The Balaban J connectivity index is 2.23. The van der Waals surface area contributed by atoms with Crippen LogP contribution < -0.4 is 5.32 Å². The molecule has 1 N–H and O–H groups in total. The van der Waals surface area contributed by atoms with Crippen LogP contribution in [0, 0.1) is 12.3 Å². The first kappa shape index (κ1) is 12.7. The van der Waals surface area contributed by atoms with Crippen LogP contribution in [0.5, 0.6) is 0 Å². The molecule has 0 saturated carbocycles.